The first-order valence-corrected chi connectivity index (χ1v) is 7.51. The van der Waals surface area contributed by atoms with Gasteiger partial charge in [0.1, 0.15) is 5.82 Å². The second-order valence-electron chi connectivity index (χ2n) is 4.63. The third-order valence-corrected chi connectivity index (χ3v) is 4.15. The number of rotatable bonds is 5. The van der Waals surface area contributed by atoms with Crippen LogP contribution in [0.3, 0.4) is 0 Å². The first kappa shape index (κ1) is 13.4. The second kappa shape index (κ2) is 6.78. The normalized spacial score (nSPS) is 15.8. The van der Waals surface area contributed by atoms with Gasteiger partial charge in [-0.05, 0) is 24.5 Å². The molecule has 1 aromatic rings. The summed E-state index contributed by atoms with van der Waals surface area (Å²) in [4.78, 5) is 11.6. The number of thioether (sulfide) groups is 1. The molecule has 18 heavy (non-hydrogen) atoms. The summed E-state index contributed by atoms with van der Waals surface area (Å²) in [5.41, 5.74) is 0.663. The van der Waals surface area contributed by atoms with E-state index >= 15 is 0 Å². The molecule has 4 heteroatoms. The Labute approximate surface area is 111 Å². The Morgan fingerprint density at radius 3 is 2.78 bits per heavy atom. The Balaban J connectivity index is 1.68. The summed E-state index contributed by atoms with van der Waals surface area (Å²) >= 11 is 1.46. The van der Waals surface area contributed by atoms with E-state index < -0.39 is 0 Å². The van der Waals surface area contributed by atoms with Gasteiger partial charge in [-0.15, -0.1) is 11.8 Å². The van der Waals surface area contributed by atoms with Crippen LogP contribution < -0.4 is 5.32 Å². The molecule has 1 amide bonds. The van der Waals surface area contributed by atoms with Crippen LogP contribution in [0.15, 0.2) is 24.3 Å². The largest absolute Gasteiger partial charge is 0.353 e. The molecule has 0 heterocycles. The van der Waals surface area contributed by atoms with Crippen LogP contribution in [0.5, 0.6) is 0 Å². The Morgan fingerprint density at radius 1 is 1.33 bits per heavy atom. The molecule has 0 saturated heterocycles. The Bertz CT molecular complexity index is 405. The molecule has 0 aliphatic heterocycles. The van der Waals surface area contributed by atoms with Crippen LogP contribution in [-0.2, 0) is 10.5 Å². The smallest absolute Gasteiger partial charge is 0.230 e. The summed E-state index contributed by atoms with van der Waals surface area (Å²) in [6.07, 6.45) is 4.63. The van der Waals surface area contributed by atoms with E-state index in [1.165, 1.54) is 30.7 Å². The van der Waals surface area contributed by atoms with Crippen molar-refractivity contribution in [3.8, 4) is 0 Å². The zero-order valence-electron chi connectivity index (χ0n) is 10.3. The van der Waals surface area contributed by atoms with Gasteiger partial charge in [0.05, 0.1) is 5.75 Å². The highest BCUT2D eigenvalue weighted by Gasteiger charge is 2.16. The van der Waals surface area contributed by atoms with Crippen LogP contribution in [0, 0.1) is 5.82 Å². The van der Waals surface area contributed by atoms with Crippen molar-refractivity contribution in [3.05, 3.63) is 35.6 Å². The molecule has 0 radical (unpaired) electrons. The fraction of sp³-hybridized carbons (Fsp3) is 0.500. The molecule has 0 atom stereocenters. The fourth-order valence-corrected chi connectivity index (χ4v) is 3.03. The first-order valence-electron chi connectivity index (χ1n) is 6.36. The lowest BCUT2D eigenvalue weighted by atomic mass is 10.2. The molecule has 2 rings (SSSR count). The van der Waals surface area contributed by atoms with Crippen LogP contribution in [0.25, 0.3) is 0 Å². The molecule has 2 nitrogen and oxygen atoms in total. The van der Waals surface area contributed by atoms with E-state index in [1.807, 2.05) is 6.07 Å². The van der Waals surface area contributed by atoms with Gasteiger partial charge in [0.25, 0.3) is 0 Å². The summed E-state index contributed by atoms with van der Waals surface area (Å²) in [5.74, 6) is 0.833. The highest BCUT2D eigenvalue weighted by molar-refractivity contribution is 7.99. The molecule has 1 aliphatic rings. The van der Waals surface area contributed by atoms with Gasteiger partial charge in [0, 0.05) is 11.8 Å². The van der Waals surface area contributed by atoms with E-state index in [0.717, 1.165) is 12.8 Å². The minimum Gasteiger partial charge on any atom is -0.353 e. The van der Waals surface area contributed by atoms with Crippen molar-refractivity contribution >= 4 is 17.7 Å². The first-order chi connectivity index (χ1) is 8.75. The number of amides is 1. The van der Waals surface area contributed by atoms with Gasteiger partial charge in [0.2, 0.25) is 5.91 Å². The lowest BCUT2D eigenvalue weighted by Crippen LogP contribution is -2.33. The van der Waals surface area contributed by atoms with Gasteiger partial charge in [-0.3, -0.25) is 4.79 Å². The predicted molar refractivity (Wildman–Crippen MR) is 73.0 cm³/mol. The Morgan fingerprint density at radius 2 is 2.06 bits per heavy atom. The minimum atomic E-state index is -0.193. The molecule has 0 unspecified atom stereocenters. The minimum absolute atomic E-state index is 0.0724. The lowest BCUT2D eigenvalue weighted by molar-refractivity contribution is -0.119. The van der Waals surface area contributed by atoms with Crippen LogP contribution in [0.2, 0.25) is 0 Å². The maximum Gasteiger partial charge on any atom is 0.230 e. The van der Waals surface area contributed by atoms with Crippen molar-refractivity contribution < 1.29 is 9.18 Å². The number of halogens is 1. The van der Waals surface area contributed by atoms with Gasteiger partial charge < -0.3 is 5.32 Å². The highest BCUT2D eigenvalue weighted by Crippen LogP contribution is 2.18. The maximum atomic E-state index is 13.3. The number of carbonyl (C=O) groups excluding carboxylic acids is 1. The fourth-order valence-electron chi connectivity index (χ4n) is 2.21. The standard InChI is InChI=1S/C14H18FNOS/c15-13-8-4-1-5-11(13)9-18-10-14(17)16-12-6-2-3-7-12/h1,4-5,8,12H,2-3,6-7,9-10H2,(H,16,17). The molecular weight excluding hydrogens is 249 g/mol. The van der Waals surface area contributed by atoms with Crippen LogP contribution >= 0.6 is 11.8 Å². The van der Waals surface area contributed by atoms with E-state index in [2.05, 4.69) is 5.32 Å². The van der Waals surface area contributed by atoms with Crippen LogP contribution in [-0.4, -0.2) is 17.7 Å². The number of carbonyl (C=O) groups is 1. The number of hydrogen-bond donors (Lipinski definition) is 1. The van der Waals surface area contributed by atoms with E-state index in [-0.39, 0.29) is 11.7 Å². The van der Waals surface area contributed by atoms with Crippen molar-refractivity contribution in [3.63, 3.8) is 0 Å². The van der Waals surface area contributed by atoms with Crippen molar-refractivity contribution in [2.24, 2.45) is 0 Å². The van der Waals surface area contributed by atoms with Crippen molar-refractivity contribution in [2.75, 3.05) is 5.75 Å². The van der Waals surface area contributed by atoms with Crippen molar-refractivity contribution in [1.82, 2.24) is 5.32 Å². The van der Waals surface area contributed by atoms with Gasteiger partial charge in [-0.25, -0.2) is 4.39 Å². The third-order valence-electron chi connectivity index (χ3n) is 3.17. The van der Waals surface area contributed by atoms with Crippen molar-refractivity contribution in [2.45, 2.75) is 37.5 Å². The monoisotopic (exact) mass is 267 g/mol. The van der Waals surface area contributed by atoms with E-state index in [4.69, 9.17) is 0 Å². The molecule has 0 bridgehead atoms. The Hall–Kier alpha value is -1.03. The highest BCUT2D eigenvalue weighted by atomic mass is 32.2. The molecule has 0 spiro atoms. The molecule has 1 fully saturated rings. The van der Waals surface area contributed by atoms with E-state index in [1.54, 1.807) is 12.1 Å². The van der Waals surface area contributed by atoms with Crippen molar-refractivity contribution in [1.29, 1.82) is 0 Å². The predicted octanol–water partition coefficient (Wildman–Crippen LogP) is 3.12. The molecule has 1 saturated carbocycles. The molecule has 1 N–H and O–H groups in total. The van der Waals surface area contributed by atoms with E-state index in [9.17, 15) is 9.18 Å². The summed E-state index contributed by atoms with van der Waals surface area (Å²) < 4.78 is 13.3. The second-order valence-corrected chi connectivity index (χ2v) is 5.62. The number of nitrogens with one attached hydrogen (secondary N) is 1. The number of benzene rings is 1. The van der Waals surface area contributed by atoms with Crippen LogP contribution in [0.4, 0.5) is 4.39 Å². The van der Waals surface area contributed by atoms with E-state index in [0.29, 0.717) is 23.1 Å². The molecule has 1 aliphatic carbocycles. The van der Waals surface area contributed by atoms with Gasteiger partial charge in [-0.1, -0.05) is 31.0 Å². The summed E-state index contributed by atoms with van der Waals surface area (Å²) in [7, 11) is 0. The van der Waals surface area contributed by atoms with Crippen LogP contribution in [0.1, 0.15) is 31.2 Å². The zero-order valence-corrected chi connectivity index (χ0v) is 11.1. The maximum absolute atomic E-state index is 13.3. The van der Waals surface area contributed by atoms with Gasteiger partial charge in [-0.2, -0.15) is 0 Å². The average Bonchev–Trinajstić information content (AvgIpc) is 2.84. The number of hydrogen-bond acceptors (Lipinski definition) is 2. The molecular formula is C14H18FNOS. The SMILES string of the molecule is O=C(CSCc1ccccc1F)NC1CCCC1. The lowest BCUT2D eigenvalue weighted by Gasteiger charge is -2.11. The molecule has 0 aromatic heterocycles. The average molecular weight is 267 g/mol. The summed E-state index contributed by atoms with van der Waals surface area (Å²) in [5, 5.41) is 3.03. The topological polar surface area (TPSA) is 29.1 Å². The zero-order chi connectivity index (χ0) is 12.8. The summed E-state index contributed by atoms with van der Waals surface area (Å²) in [6.45, 7) is 0. The Kier molecular flexibility index (Phi) is 5.05. The summed E-state index contributed by atoms with van der Waals surface area (Å²) in [6, 6.07) is 7.08. The quantitative estimate of drug-likeness (QED) is 0.888. The third kappa shape index (κ3) is 4.02. The molecule has 1 aromatic carbocycles. The van der Waals surface area contributed by atoms with Gasteiger partial charge in [0.15, 0.2) is 0 Å². The molecule has 98 valence electrons. The van der Waals surface area contributed by atoms with Gasteiger partial charge >= 0.3 is 0 Å².